The maximum atomic E-state index is 4.76. The van der Waals surface area contributed by atoms with E-state index in [0.717, 1.165) is 0 Å². The third-order valence-electron chi connectivity index (χ3n) is 11.5. The largest absolute Gasteiger partial charge is 2.00 e. The van der Waals surface area contributed by atoms with Crippen molar-refractivity contribution in [1.29, 1.82) is 0 Å². The molecule has 0 aliphatic rings. The van der Waals surface area contributed by atoms with Gasteiger partial charge in [-0.05, 0) is 23.8 Å². The molecule has 0 saturated carbocycles. The summed E-state index contributed by atoms with van der Waals surface area (Å²) in [6.45, 7) is 11.0. The third kappa shape index (κ3) is 17.1. The van der Waals surface area contributed by atoms with E-state index < -0.39 is 22.7 Å². The van der Waals surface area contributed by atoms with Gasteiger partial charge < -0.3 is 13.6 Å². The maximum absolute atomic E-state index is 4.76. The van der Waals surface area contributed by atoms with Crippen LogP contribution in [0.1, 0.15) is 27.8 Å². The van der Waals surface area contributed by atoms with E-state index in [1.807, 2.05) is 0 Å². The first-order valence-electron chi connectivity index (χ1n) is 21.6. The molecule has 8 aromatic carbocycles. The van der Waals surface area contributed by atoms with Crippen molar-refractivity contribution < 1.29 is 33.0 Å². The molecule has 4 N–H and O–H groups in total. The van der Waals surface area contributed by atoms with E-state index in [-0.39, 0.29) is 24.8 Å². The number of hydrogen-bond acceptors (Lipinski definition) is 5. The number of rotatable bonds is 10. The van der Waals surface area contributed by atoms with Crippen LogP contribution in [-0.4, -0.2) is 32.8 Å². The molecular formula is C56H65BCl2N2O3P2Ru. The van der Waals surface area contributed by atoms with Crippen LogP contribution >= 0.6 is 39.7 Å². The van der Waals surface area contributed by atoms with E-state index in [0.29, 0.717) is 0 Å². The molecule has 0 unspecified atom stereocenters. The number of alkyl halides is 2. The van der Waals surface area contributed by atoms with Crippen LogP contribution in [-0.2, 0) is 33.0 Å². The average Bonchev–Trinajstić information content (AvgIpc) is 3.55. The van der Waals surface area contributed by atoms with Gasteiger partial charge in [-0.25, -0.2) is 0 Å². The summed E-state index contributed by atoms with van der Waals surface area (Å²) in [6.07, 6.45) is -1.22. The standard InChI is InChI=1S/C24H20B.C18H15P.C10H15.C3H9O3P.CH2Cl2.H4N2.Ru/c1-5-13-21(14-6-1)25(22-15-7-2-8-16-22,23-17-9-3-10-18-23)24-19-11-4-12-20-24;1-4-10-16(11-5-1)19(17-12-6-2-7-13-17)18-14-8-3-9-15-18;1-6-7(2)9(4)10(5)8(6)3;1-4-7(5-2)6-3;2-1-3;1-2;/h1-20H;1-15H;1-5H3;1-3H3;1H2;1-2H2;/q-1;;-1;;;;+2. The number of benzene rings is 7. The second kappa shape index (κ2) is 33.3. The predicted molar refractivity (Wildman–Crippen MR) is 294 cm³/mol. The molecule has 0 bridgehead atoms. The Hall–Kier alpha value is -4.18. The van der Waals surface area contributed by atoms with Crippen LogP contribution in [0.15, 0.2) is 212 Å². The summed E-state index contributed by atoms with van der Waals surface area (Å²) in [7, 11) is 3.12. The Kier molecular flexibility index (Phi) is 29.3. The normalized spacial score (nSPS) is 10.2. The van der Waals surface area contributed by atoms with Crippen molar-refractivity contribution >= 4 is 83.6 Å². The number of halogens is 2. The molecular weight excluding hydrogens is 993 g/mol. The van der Waals surface area contributed by atoms with Crippen molar-refractivity contribution in [2.45, 2.75) is 34.6 Å². The summed E-state index contributed by atoms with van der Waals surface area (Å²) < 4.78 is 14.0. The van der Waals surface area contributed by atoms with E-state index in [1.165, 1.54) is 65.6 Å². The van der Waals surface area contributed by atoms with Crippen LogP contribution in [0.2, 0.25) is 0 Å². The van der Waals surface area contributed by atoms with E-state index in [9.17, 15) is 0 Å². The van der Waals surface area contributed by atoms with Gasteiger partial charge in [-0.2, -0.15) is 49.7 Å². The van der Waals surface area contributed by atoms with Crippen molar-refractivity contribution in [2.24, 2.45) is 11.7 Å². The predicted octanol–water partition coefficient (Wildman–Crippen LogP) is 10.8. The van der Waals surface area contributed by atoms with Crippen molar-refractivity contribution in [3.05, 3.63) is 240 Å². The van der Waals surface area contributed by atoms with Crippen LogP contribution in [0.5, 0.6) is 0 Å². The minimum Gasteiger partial charge on any atom is -0.316 e. The molecule has 11 heteroatoms. The molecule has 8 rings (SSSR count). The van der Waals surface area contributed by atoms with E-state index in [1.54, 1.807) is 21.3 Å². The Morgan fingerprint density at radius 2 is 0.612 bits per heavy atom. The smallest absolute Gasteiger partial charge is 0.316 e. The minimum absolute atomic E-state index is 0. The summed E-state index contributed by atoms with van der Waals surface area (Å²) in [5, 5.41) is 4.39. The molecule has 0 aromatic heterocycles. The van der Waals surface area contributed by atoms with Gasteiger partial charge in [-0.3, -0.25) is 11.7 Å². The first-order chi connectivity index (χ1) is 32.2. The fraction of sp³-hybridized carbons (Fsp3) is 0.161. The number of hydrogen-bond donors (Lipinski definition) is 2. The quantitative estimate of drug-likeness (QED) is 0.0356. The molecule has 0 amide bonds. The summed E-state index contributed by atoms with van der Waals surface area (Å²) in [6, 6.07) is 75.9. The summed E-state index contributed by atoms with van der Waals surface area (Å²) >= 11 is 9.53. The van der Waals surface area contributed by atoms with Crippen molar-refractivity contribution in [2.75, 3.05) is 26.7 Å². The monoisotopic (exact) mass is 1060 g/mol. The molecule has 0 atom stereocenters. The van der Waals surface area contributed by atoms with Gasteiger partial charge in [0.15, 0.2) is 0 Å². The number of nitrogens with two attached hydrogens (primary N) is 2. The average molecular weight is 1060 g/mol. The second-order valence-corrected chi connectivity index (χ2v) is 19.4. The van der Waals surface area contributed by atoms with Crippen molar-refractivity contribution in [3.63, 3.8) is 0 Å². The van der Waals surface area contributed by atoms with Gasteiger partial charge in [0.25, 0.3) is 0 Å². The minimum atomic E-state index is -1.22. The first kappa shape index (κ1) is 58.9. The fourth-order valence-electron chi connectivity index (χ4n) is 7.93. The second-order valence-electron chi connectivity index (χ2n) is 14.8. The zero-order valence-electron chi connectivity index (χ0n) is 39.9. The van der Waals surface area contributed by atoms with Gasteiger partial charge in [-0.15, -0.1) is 23.2 Å². The topological polar surface area (TPSA) is 79.7 Å². The maximum Gasteiger partial charge on any atom is 2.00 e. The Labute approximate surface area is 427 Å². The Morgan fingerprint density at radius 1 is 0.418 bits per heavy atom. The Balaban J connectivity index is 0.000000323. The van der Waals surface area contributed by atoms with Gasteiger partial charge >= 0.3 is 28.1 Å². The molecule has 0 spiro atoms. The zero-order chi connectivity index (χ0) is 48.2. The van der Waals surface area contributed by atoms with Crippen LogP contribution in [0.3, 0.4) is 0 Å². The first-order valence-corrected chi connectivity index (χ1v) is 25.1. The molecule has 0 aliphatic carbocycles. The molecule has 0 heterocycles. The van der Waals surface area contributed by atoms with Crippen LogP contribution in [0, 0.1) is 34.6 Å². The SMILES string of the molecule is COP(OC)OC.Cc1c(C)c(C)[c-](C)c1C.ClCCl.NN.[Ru+2].c1ccc(P(c2ccccc2)c2ccccc2)cc1.c1ccc([B-](c2ccccc2)(c2ccccc2)c2ccccc2)cc1. The van der Waals surface area contributed by atoms with Gasteiger partial charge in [0, 0.05) is 21.3 Å². The van der Waals surface area contributed by atoms with Crippen LogP contribution in [0.25, 0.3) is 0 Å². The van der Waals surface area contributed by atoms with Gasteiger partial charge in [0.05, 0.1) is 5.34 Å². The summed E-state index contributed by atoms with van der Waals surface area (Å²) in [5.41, 5.74) is 12.7. The van der Waals surface area contributed by atoms with Crippen LogP contribution in [0.4, 0.5) is 0 Å². The van der Waals surface area contributed by atoms with Gasteiger partial charge in [-0.1, -0.05) is 247 Å². The summed E-state index contributed by atoms with van der Waals surface area (Å²) in [4.78, 5) is 0. The van der Waals surface area contributed by atoms with E-state index in [2.05, 4.69) is 272 Å². The molecule has 352 valence electrons. The van der Waals surface area contributed by atoms with Crippen molar-refractivity contribution in [1.82, 2.24) is 0 Å². The van der Waals surface area contributed by atoms with Crippen LogP contribution < -0.4 is 49.5 Å². The molecule has 0 saturated heterocycles. The molecule has 0 aliphatic heterocycles. The van der Waals surface area contributed by atoms with Gasteiger partial charge in [0.2, 0.25) is 0 Å². The van der Waals surface area contributed by atoms with E-state index >= 15 is 0 Å². The van der Waals surface area contributed by atoms with E-state index in [4.69, 9.17) is 23.2 Å². The number of hydrazine groups is 1. The molecule has 8 aromatic rings. The van der Waals surface area contributed by atoms with Gasteiger partial charge in [0.1, 0.15) is 6.15 Å². The third-order valence-corrected chi connectivity index (χ3v) is 14.8. The Morgan fingerprint density at radius 3 is 0.761 bits per heavy atom. The zero-order valence-corrected chi connectivity index (χ0v) is 44.9. The molecule has 67 heavy (non-hydrogen) atoms. The fourth-order valence-corrected chi connectivity index (χ4v) is 10.7. The van der Waals surface area contributed by atoms with Crippen molar-refractivity contribution in [3.8, 4) is 0 Å². The summed E-state index contributed by atoms with van der Waals surface area (Å²) in [5.74, 6) is 8.00. The molecule has 5 nitrogen and oxygen atoms in total. The molecule has 0 radical (unpaired) electrons. The Bertz CT molecular complexity index is 2120. The molecule has 0 fully saturated rings.